The van der Waals surface area contributed by atoms with Gasteiger partial charge in [0, 0.05) is 7.05 Å². The zero-order chi connectivity index (χ0) is 11.6. The number of rotatable bonds is 4. The Bertz CT molecular complexity index is 333. The van der Waals surface area contributed by atoms with Gasteiger partial charge in [-0.25, -0.2) is 0 Å². The molecule has 4 heteroatoms. The molecule has 0 bridgehead atoms. The summed E-state index contributed by atoms with van der Waals surface area (Å²) in [6.07, 6.45) is 1.02. The summed E-state index contributed by atoms with van der Waals surface area (Å²) in [5.74, 6) is 1.13. The van der Waals surface area contributed by atoms with Crippen molar-refractivity contribution >= 4 is 15.9 Å². The molecule has 86 valence electrons. The largest absolute Gasteiger partial charge is 0.330 e. The van der Waals surface area contributed by atoms with Crippen LogP contribution in [-0.2, 0) is 13.5 Å². The van der Waals surface area contributed by atoms with Crippen LogP contribution in [0, 0.1) is 18.8 Å². The minimum Gasteiger partial charge on any atom is -0.330 e. The third-order valence-corrected chi connectivity index (χ3v) is 4.15. The Morgan fingerprint density at radius 2 is 2.00 bits per heavy atom. The molecule has 2 unspecified atom stereocenters. The van der Waals surface area contributed by atoms with Crippen molar-refractivity contribution in [1.29, 1.82) is 0 Å². The van der Waals surface area contributed by atoms with Gasteiger partial charge in [-0.1, -0.05) is 13.8 Å². The first-order valence-corrected chi connectivity index (χ1v) is 6.14. The number of nitrogens with two attached hydrogens (primary N) is 1. The Balaban J connectivity index is 2.80. The van der Waals surface area contributed by atoms with Crippen LogP contribution in [-0.4, -0.2) is 16.3 Å². The van der Waals surface area contributed by atoms with Crippen LogP contribution in [0.15, 0.2) is 4.47 Å². The van der Waals surface area contributed by atoms with Crippen LogP contribution >= 0.6 is 15.9 Å². The minimum absolute atomic E-state index is 0.548. The van der Waals surface area contributed by atoms with Crippen LogP contribution in [0.3, 0.4) is 0 Å². The predicted octanol–water partition coefficient (Wildman–Crippen LogP) is 2.26. The Kier molecular flexibility index (Phi) is 4.34. The number of nitrogens with zero attached hydrogens (tertiary/aromatic N) is 2. The van der Waals surface area contributed by atoms with Crippen molar-refractivity contribution in [1.82, 2.24) is 9.78 Å². The molecule has 2 N–H and O–H groups in total. The summed E-state index contributed by atoms with van der Waals surface area (Å²) in [5.41, 5.74) is 7.99. The van der Waals surface area contributed by atoms with Gasteiger partial charge in [0.15, 0.2) is 0 Å². The number of hydrogen-bond acceptors (Lipinski definition) is 2. The molecule has 0 saturated heterocycles. The molecule has 0 amide bonds. The molecular weight excluding hydrogens is 254 g/mol. The van der Waals surface area contributed by atoms with E-state index in [1.54, 1.807) is 0 Å². The van der Waals surface area contributed by atoms with Crippen LogP contribution in [0.5, 0.6) is 0 Å². The Labute approximate surface area is 100 Å². The van der Waals surface area contributed by atoms with Crippen molar-refractivity contribution in [3.63, 3.8) is 0 Å². The summed E-state index contributed by atoms with van der Waals surface area (Å²) in [4.78, 5) is 0. The zero-order valence-electron chi connectivity index (χ0n) is 9.92. The first-order chi connectivity index (χ1) is 6.97. The molecule has 0 saturated carbocycles. The second-order valence-corrected chi connectivity index (χ2v) is 5.16. The third kappa shape index (κ3) is 2.82. The molecule has 0 spiro atoms. The van der Waals surface area contributed by atoms with Gasteiger partial charge in [0.1, 0.15) is 0 Å². The summed E-state index contributed by atoms with van der Waals surface area (Å²) in [6, 6.07) is 0. The van der Waals surface area contributed by atoms with E-state index in [2.05, 4.69) is 34.9 Å². The van der Waals surface area contributed by atoms with Gasteiger partial charge in [0.25, 0.3) is 0 Å². The van der Waals surface area contributed by atoms with Gasteiger partial charge in [-0.3, -0.25) is 4.68 Å². The highest BCUT2D eigenvalue weighted by Gasteiger charge is 2.17. The van der Waals surface area contributed by atoms with Crippen LogP contribution < -0.4 is 5.73 Å². The van der Waals surface area contributed by atoms with E-state index in [4.69, 9.17) is 5.73 Å². The van der Waals surface area contributed by atoms with Crippen molar-refractivity contribution < 1.29 is 0 Å². The Hall–Kier alpha value is -0.350. The van der Waals surface area contributed by atoms with E-state index in [1.165, 1.54) is 5.69 Å². The maximum Gasteiger partial charge on any atom is 0.0738 e. The second-order valence-electron chi connectivity index (χ2n) is 4.36. The van der Waals surface area contributed by atoms with Crippen molar-refractivity contribution in [2.45, 2.75) is 27.2 Å². The monoisotopic (exact) mass is 273 g/mol. The standard InChI is InChI=1S/C11H20BrN3/c1-7(8(2)6-13)5-10-11(12)9(3)14-15(10)4/h7-8H,5-6,13H2,1-4H3. The molecule has 15 heavy (non-hydrogen) atoms. The van der Waals surface area contributed by atoms with Crippen LogP contribution in [0.2, 0.25) is 0 Å². The van der Waals surface area contributed by atoms with Gasteiger partial charge in [0.2, 0.25) is 0 Å². The van der Waals surface area contributed by atoms with Crippen LogP contribution in [0.1, 0.15) is 25.2 Å². The summed E-state index contributed by atoms with van der Waals surface area (Å²) < 4.78 is 3.10. The number of aromatic nitrogens is 2. The molecule has 2 atom stereocenters. The van der Waals surface area contributed by atoms with E-state index < -0.39 is 0 Å². The SMILES string of the molecule is Cc1nn(C)c(CC(C)C(C)CN)c1Br. The van der Waals surface area contributed by atoms with Gasteiger partial charge in [-0.2, -0.15) is 5.10 Å². The highest BCUT2D eigenvalue weighted by Crippen LogP contribution is 2.25. The Morgan fingerprint density at radius 3 is 2.40 bits per heavy atom. The fourth-order valence-corrected chi connectivity index (χ4v) is 2.14. The molecule has 0 fully saturated rings. The first kappa shape index (κ1) is 12.7. The first-order valence-electron chi connectivity index (χ1n) is 5.35. The molecular formula is C11H20BrN3. The molecule has 0 aliphatic rings. The lowest BCUT2D eigenvalue weighted by atomic mass is 9.91. The van der Waals surface area contributed by atoms with Crippen molar-refractivity contribution in [3.8, 4) is 0 Å². The fraction of sp³-hybridized carbons (Fsp3) is 0.727. The highest BCUT2D eigenvalue weighted by molar-refractivity contribution is 9.10. The molecule has 0 aliphatic heterocycles. The molecule has 1 heterocycles. The normalized spacial score (nSPS) is 15.3. The van der Waals surface area contributed by atoms with E-state index in [9.17, 15) is 0 Å². The van der Waals surface area contributed by atoms with Gasteiger partial charge >= 0.3 is 0 Å². The topological polar surface area (TPSA) is 43.8 Å². The minimum atomic E-state index is 0.548. The van der Waals surface area contributed by atoms with Crippen LogP contribution in [0.4, 0.5) is 0 Å². The number of hydrogen-bond donors (Lipinski definition) is 1. The lowest BCUT2D eigenvalue weighted by Crippen LogP contribution is -2.21. The summed E-state index contributed by atoms with van der Waals surface area (Å²) in [7, 11) is 1.99. The average Bonchev–Trinajstić information content (AvgIpc) is 2.43. The van der Waals surface area contributed by atoms with Gasteiger partial charge in [-0.05, 0) is 47.7 Å². The fourth-order valence-electron chi connectivity index (χ4n) is 1.64. The predicted molar refractivity (Wildman–Crippen MR) is 66.7 cm³/mol. The van der Waals surface area contributed by atoms with Crippen molar-refractivity contribution in [2.24, 2.45) is 24.6 Å². The maximum absolute atomic E-state index is 5.67. The van der Waals surface area contributed by atoms with Crippen LogP contribution in [0.25, 0.3) is 0 Å². The van der Waals surface area contributed by atoms with Crippen molar-refractivity contribution in [2.75, 3.05) is 6.54 Å². The third-order valence-electron chi connectivity index (χ3n) is 3.12. The molecule has 1 aromatic heterocycles. The van der Waals surface area contributed by atoms with E-state index >= 15 is 0 Å². The van der Waals surface area contributed by atoms with Crippen molar-refractivity contribution in [3.05, 3.63) is 15.9 Å². The lowest BCUT2D eigenvalue weighted by molar-refractivity contribution is 0.385. The van der Waals surface area contributed by atoms with E-state index in [0.29, 0.717) is 11.8 Å². The molecule has 1 aromatic rings. The average molecular weight is 274 g/mol. The van der Waals surface area contributed by atoms with E-state index in [0.717, 1.165) is 23.1 Å². The zero-order valence-corrected chi connectivity index (χ0v) is 11.5. The molecule has 1 rings (SSSR count). The summed E-state index contributed by atoms with van der Waals surface area (Å²) in [5, 5.41) is 4.39. The summed E-state index contributed by atoms with van der Waals surface area (Å²) in [6.45, 7) is 7.20. The molecule has 0 aliphatic carbocycles. The van der Waals surface area contributed by atoms with Gasteiger partial charge in [0.05, 0.1) is 15.9 Å². The maximum atomic E-state index is 5.67. The van der Waals surface area contributed by atoms with E-state index in [-0.39, 0.29) is 0 Å². The molecule has 0 aromatic carbocycles. The Morgan fingerprint density at radius 1 is 1.40 bits per heavy atom. The molecule has 0 radical (unpaired) electrons. The number of halogens is 1. The van der Waals surface area contributed by atoms with Gasteiger partial charge in [-0.15, -0.1) is 0 Å². The quantitative estimate of drug-likeness (QED) is 0.915. The number of aryl methyl sites for hydroxylation is 2. The molecule has 3 nitrogen and oxygen atoms in total. The van der Waals surface area contributed by atoms with Gasteiger partial charge < -0.3 is 5.73 Å². The second kappa shape index (κ2) is 5.12. The highest BCUT2D eigenvalue weighted by atomic mass is 79.9. The smallest absolute Gasteiger partial charge is 0.0738 e. The lowest BCUT2D eigenvalue weighted by Gasteiger charge is -2.18. The van der Waals surface area contributed by atoms with E-state index in [1.807, 2.05) is 18.7 Å². The summed E-state index contributed by atoms with van der Waals surface area (Å²) >= 11 is 3.59.